The number of benzene rings is 1. The zero-order valence-electron chi connectivity index (χ0n) is 10.4. The highest BCUT2D eigenvalue weighted by Gasteiger charge is 1.98. The van der Waals surface area contributed by atoms with E-state index in [0.29, 0.717) is 6.42 Å². The molecule has 0 saturated heterocycles. The molecule has 0 amide bonds. The van der Waals surface area contributed by atoms with Gasteiger partial charge in [0.05, 0.1) is 0 Å². The monoisotopic (exact) mass is 236 g/mol. The van der Waals surface area contributed by atoms with Gasteiger partial charge in [-0.05, 0) is 30.7 Å². The van der Waals surface area contributed by atoms with Crippen LogP contribution in [0.4, 0.5) is 5.69 Å². The van der Waals surface area contributed by atoms with Crippen LogP contribution in [-0.4, -0.2) is 31.7 Å². The summed E-state index contributed by atoms with van der Waals surface area (Å²) < 4.78 is 0. The van der Waals surface area contributed by atoms with Crippen molar-refractivity contribution >= 4 is 11.7 Å². The molecule has 0 saturated carbocycles. The van der Waals surface area contributed by atoms with E-state index in [4.69, 9.17) is 5.11 Å². The summed E-state index contributed by atoms with van der Waals surface area (Å²) in [6.45, 7) is 1.52. The molecular formula is C13H20N2O2. The van der Waals surface area contributed by atoms with Gasteiger partial charge in [0, 0.05) is 32.7 Å². The number of hydrogen-bond donors (Lipinski definition) is 2. The maximum Gasteiger partial charge on any atom is 0.303 e. The van der Waals surface area contributed by atoms with Crippen molar-refractivity contribution in [3.63, 3.8) is 0 Å². The summed E-state index contributed by atoms with van der Waals surface area (Å²) in [6.07, 6.45) is 0.900. The van der Waals surface area contributed by atoms with Gasteiger partial charge in [0.25, 0.3) is 0 Å². The second-order valence-corrected chi connectivity index (χ2v) is 4.23. The molecule has 0 aliphatic rings. The molecule has 4 heteroatoms. The fraction of sp³-hybridized carbons (Fsp3) is 0.462. The van der Waals surface area contributed by atoms with Crippen LogP contribution in [0.2, 0.25) is 0 Å². The molecule has 0 heterocycles. The molecule has 0 bridgehead atoms. The first-order valence-corrected chi connectivity index (χ1v) is 5.78. The molecule has 17 heavy (non-hydrogen) atoms. The molecule has 0 unspecified atom stereocenters. The van der Waals surface area contributed by atoms with Crippen LogP contribution in [0.5, 0.6) is 0 Å². The SMILES string of the molecule is CN(C)c1ccc(CNCCCC(=O)O)cc1. The molecule has 0 atom stereocenters. The lowest BCUT2D eigenvalue weighted by atomic mass is 10.2. The molecule has 0 spiro atoms. The first kappa shape index (κ1) is 13.5. The van der Waals surface area contributed by atoms with Crippen LogP contribution in [0.25, 0.3) is 0 Å². The van der Waals surface area contributed by atoms with Crippen molar-refractivity contribution in [3.05, 3.63) is 29.8 Å². The van der Waals surface area contributed by atoms with E-state index in [1.54, 1.807) is 0 Å². The number of carboxylic acid groups (broad SMARTS) is 1. The van der Waals surface area contributed by atoms with Crippen LogP contribution >= 0.6 is 0 Å². The minimum absolute atomic E-state index is 0.229. The molecule has 0 aliphatic heterocycles. The Kier molecular flexibility index (Phi) is 5.49. The highest BCUT2D eigenvalue weighted by Crippen LogP contribution is 2.11. The molecule has 1 aromatic carbocycles. The fourth-order valence-corrected chi connectivity index (χ4v) is 1.51. The van der Waals surface area contributed by atoms with Gasteiger partial charge in [-0.15, -0.1) is 0 Å². The van der Waals surface area contributed by atoms with Crippen molar-refractivity contribution in [1.82, 2.24) is 5.32 Å². The summed E-state index contributed by atoms with van der Waals surface area (Å²) in [6, 6.07) is 8.32. The van der Waals surface area contributed by atoms with E-state index in [-0.39, 0.29) is 6.42 Å². The van der Waals surface area contributed by atoms with E-state index in [1.165, 1.54) is 11.3 Å². The molecule has 1 aromatic rings. The van der Waals surface area contributed by atoms with Gasteiger partial charge in [-0.2, -0.15) is 0 Å². The smallest absolute Gasteiger partial charge is 0.303 e. The number of carbonyl (C=O) groups is 1. The Morgan fingerprint density at radius 1 is 1.29 bits per heavy atom. The summed E-state index contributed by atoms with van der Waals surface area (Å²) >= 11 is 0. The summed E-state index contributed by atoms with van der Waals surface area (Å²) in [5, 5.41) is 11.7. The van der Waals surface area contributed by atoms with Gasteiger partial charge in [-0.25, -0.2) is 0 Å². The zero-order chi connectivity index (χ0) is 12.7. The van der Waals surface area contributed by atoms with Crippen molar-refractivity contribution < 1.29 is 9.90 Å². The Labute approximate surface area is 102 Å². The van der Waals surface area contributed by atoms with Crippen LogP contribution < -0.4 is 10.2 Å². The number of hydrogen-bond acceptors (Lipinski definition) is 3. The number of nitrogens with one attached hydrogen (secondary N) is 1. The minimum atomic E-state index is -0.734. The zero-order valence-corrected chi connectivity index (χ0v) is 10.4. The van der Waals surface area contributed by atoms with Crippen LogP contribution in [0.1, 0.15) is 18.4 Å². The van der Waals surface area contributed by atoms with E-state index < -0.39 is 5.97 Å². The first-order valence-electron chi connectivity index (χ1n) is 5.78. The molecule has 4 nitrogen and oxygen atoms in total. The molecule has 94 valence electrons. The molecule has 0 fully saturated rings. The fourth-order valence-electron chi connectivity index (χ4n) is 1.51. The predicted octanol–water partition coefficient (Wildman–Crippen LogP) is 1.71. The third-order valence-corrected chi connectivity index (χ3v) is 2.53. The highest BCUT2D eigenvalue weighted by atomic mass is 16.4. The molecule has 0 aliphatic carbocycles. The number of rotatable bonds is 7. The van der Waals surface area contributed by atoms with Crippen molar-refractivity contribution in [2.45, 2.75) is 19.4 Å². The minimum Gasteiger partial charge on any atom is -0.481 e. The van der Waals surface area contributed by atoms with Gasteiger partial charge in [0.1, 0.15) is 0 Å². The van der Waals surface area contributed by atoms with Gasteiger partial charge in [-0.3, -0.25) is 4.79 Å². The number of nitrogens with zero attached hydrogens (tertiary/aromatic N) is 1. The maximum absolute atomic E-state index is 10.3. The lowest BCUT2D eigenvalue weighted by Crippen LogP contribution is -2.16. The highest BCUT2D eigenvalue weighted by molar-refractivity contribution is 5.66. The first-order chi connectivity index (χ1) is 8.09. The Morgan fingerprint density at radius 2 is 1.94 bits per heavy atom. The third kappa shape index (κ3) is 5.36. The second-order valence-electron chi connectivity index (χ2n) is 4.23. The van der Waals surface area contributed by atoms with E-state index in [0.717, 1.165) is 13.1 Å². The summed E-state index contributed by atoms with van der Waals surface area (Å²) in [4.78, 5) is 12.4. The quantitative estimate of drug-likeness (QED) is 0.708. The Bertz CT molecular complexity index is 347. The normalized spacial score (nSPS) is 10.2. The summed E-state index contributed by atoms with van der Waals surface area (Å²) in [5.74, 6) is -0.734. The van der Waals surface area contributed by atoms with Gasteiger partial charge >= 0.3 is 5.97 Å². The summed E-state index contributed by atoms with van der Waals surface area (Å²) in [7, 11) is 4.03. The lowest BCUT2D eigenvalue weighted by Gasteiger charge is -2.12. The number of carboxylic acids is 1. The standard InChI is InChI=1S/C13H20N2O2/c1-15(2)12-7-5-11(6-8-12)10-14-9-3-4-13(16)17/h5-8,14H,3-4,9-10H2,1-2H3,(H,16,17). The maximum atomic E-state index is 10.3. The second kappa shape index (κ2) is 6.91. The van der Waals surface area contributed by atoms with Crippen LogP contribution in [0, 0.1) is 0 Å². The van der Waals surface area contributed by atoms with Gasteiger partial charge in [0.2, 0.25) is 0 Å². The van der Waals surface area contributed by atoms with Gasteiger partial charge in [0.15, 0.2) is 0 Å². The van der Waals surface area contributed by atoms with Crippen molar-refractivity contribution in [1.29, 1.82) is 0 Å². The molecule has 1 rings (SSSR count). The largest absolute Gasteiger partial charge is 0.481 e. The van der Waals surface area contributed by atoms with E-state index in [2.05, 4.69) is 34.5 Å². The Balaban J connectivity index is 2.25. The van der Waals surface area contributed by atoms with Crippen molar-refractivity contribution in [3.8, 4) is 0 Å². The van der Waals surface area contributed by atoms with Gasteiger partial charge < -0.3 is 15.3 Å². The van der Waals surface area contributed by atoms with E-state index >= 15 is 0 Å². The molecule has 0 aromatic heterocycles. The Hall–Kier alpha value is -1.55. The van der Waals surface area contributed by atoms with Crippen LogP contribution in [0.3, 0.4) is 0 Å². The van der Waals surface area contributed by atoms with Gasteiger partial charge in [-0.1, -0.05) is 12.1 Å². The molecule has 0 radical (unpaired) electrons. The van der Waals surface area contributed by atoms with E-state index in [1.807, 2.05) is 14.1 Å². The Morgan fingerprint density at radius 3 is 2.47 bits per heavy atom. The number of aliphatic carboxylic acids is 1. The lowest BCUT2D eigenvalue weighted by molar-refractivity contribution is -0.137. The summed E-state index contributed by atoms with van der Waals surface area (Å²) in [5.41, 5.74) is 2.39. The average molecular weight is 236 g/mol. The van der Waals surface area contributed by atoms with Crippen LogP contribution in [0.15, 0.2) is 24.3 Å². The third-order valence-electron chi connectivity index (χ3n) is 2.53. The van der Waals surface area contributed by atoms with E-state index in [9.17, 15) is 4.79 Å². The average Bonchev–Trinajstić information content (AvgIpc) is 2.29. The number of anilines is 1. The topological polar surface area (TPSA) is 52.6 Å². The predicted molar refractivity (Wildman–Crippen MR) is 69.3 cm³/mol. The van der Waals surface area contributed by atoms with Crippen molar-refractivity contribution in [2.24, 2.45) is 0 Å². The molecular weight excluding hydrogens is 216 g/mol. The molecule has 2 N–H and O–H groups in total. The van der Waals surface area contributed by atoms with Crippen molar-refractivity contribution in [2.75, 3.05) is 25.5 Å². The van der Waals surface area contributed by atoms with Crippen LogP contribution in [-0.2, 0) is 11.3 Å².